The molecular formula is C18H20ClNO2S. The van der Waals surface area contributed by atoms with Gasteiger partial charge in [0, 0.05) is 10.7 Å². The number of methoxy groups -OCH3 is 1. The lowest BCUT2D eigenvalue weighted by atomic mass is 9.97. The van der Waals surface area contributed by atoms with E-state index in [1.54, 1.807) is 12.1 Å². The number of nitrogens with two attached hydrogens (primary N) is 1. The van der Waals surface area contributed by atoms with Crippen LogP contribution in [-0.4, -0.2) is 18.8 Å². The molecule has 23 heavy (non-hydrogen) atoms. The summed E-state index contributed by atoms with van der Waals surface area (Å²) in [4.78, 5) is 11.6. The Kier molecular flexibility index (Phi) is 5.97. The zero-order valence-electron chi connectivity index (χ0n) is 13.4. The van der Waals surface area contributed by atoms with Crippen LogP contribution in [-0.2, 0) is 9.53 Å². The Balaban J connectivity index is 2.48. The van der Waals surface area contributed by atoms with Crippen LogP contribution in [0, 0.1) is 13.8 Å². The molecule has 0 saturated carbocycles. The predicted octanol–water partition coefficient (Wildman–Crippen LogP) is 4.53. The lowest BCUT2D eigenvalue weighted by Crippen LogP contribution is -2.09. The Morgan fingerprint density at radius 1 is 1.22 bits per heavy atom. The van der Waals surface area contributed by atoms with Gasteiger partial charge in [0.15, 0.2) is 0 Å². The largest absolute Gasteiger partial charge is 0.468 e. The lowest BCUT2D eigenvalue weighted by molar-refractivity contribution is -0.137. The quantitative estimate of drug-likeness (QED) is 0.636. The van der Waals surface area contributed by atoms with Crippen molar-refractivity contribution in [1.29, 1.82) is 0 Å². The van der Waals surface area contributed by atoms with E-state index in [9.17, 15) is 4.79 Å². The van der Waals surface area contributed by atoms with Crippen molar-refractivity contribution in [3.63, 3.8) is 0 Å². The Morgan fingerprint density at radius 2 is 1.96 bits per heavy atom. The third kappa shape index (κ3) is 4.43. The van der Waals surface area contributed by atoms with Crippen LogP contribution in [0.1, 0.15) is 27.5 Å². The van der Waals surface area contributed by atoms with E-state index in [-0.39, 0.29) is 17.0 Å². The summed E-state index contributed by atoms with van der Waals surface area (Å²) < 4.78 is 4.76. The van der Waals surface area contributed by atoms with E-state index in [0.717, 1.165) is 22.3 Å². The van der Waals surface area contributed by atoms with Crippen molar-refractivity contribution in [3.05, 3.63) is 63.7 Å². The fourth-order valence-corrected chi connectivity index (χ4v) is 3.79. The molecule has 0 amide bonds. The second-order valence-corrected chi connectivity index (χ2v) is 6.93. The maximum atomic E-state index is 11.6. The van der Waals surface area contributed by atoms with Crippen LogP contribution >= 0.6 is 23.4 Å². The summed E-state index contributed by atoms with van der Waals surface area (Å²) in [5.41, 5.74) is 11.2. The van der Waals surface area contributed by atoms with E-state index in [1.807, 2.05) is 13.0 Å². The average Bonchev–Trinajstić information content (AvgIpc) is 2.53. The minimum Gasteiger partial charge on any atom is -0.468 e. The van der Waals surface area contributed by atoms with Crippen LogP contribution in [0.25, 0.3) is 0 Å². The highest BCUT2D eigenvalue weighted by molar-refractivity contribution is 8.00. The van der Waals surface area contributed by atoms with E-state index < -0.39 is 0 Å². The molecule has 3 nitrogen and oxygen atoms in total. The van der Waals surface area contributed by atoms with Gasteiger partial charge in [-0.25, -0.2) is 0 Å². The molecule has 0 bridgehead atoms. The molecule has 0 saturated heterocycles. The van der Waals surface area contributed by atoms with Gasteiger partial charge in [0.2, 0.25) is 0 Å². The van der Waals surface area contributed by atoms with E-state index in [4.69, 9.17) is 22.1 Å². The van der Waals surface area contributed by atoms with E-state index in [0.29, 0.717) is 10.7 Å². The molecule has 122 valence electrons. The van der Waals surface area contributed by atoms with Gasteiger partial charge in [-0.05, 0) is 48.7 Å². The summed E-state index contributed by atoms with van der Waals surface area (Å²) >= 11 is 7.65. The molecule has 2 aromatic rings. The molecule has 0 fully saturated rings. The fourth-order valence-electron chi connectivity index (χ4n) is 2.37. The maximum Gasteiger partial charge on any atom is 0.315 e. The van der Waals surface area contributed by atoms with Crippen LogP contribution in [0.3, 0.4) is 0 Å². The number of esters is 1. The number of ether oxygens (including phenoxy) is 1. The number of nitrogen functional groups attached to an aromatic ring is 1. The average molecular weight is 350 g/mol. The van der Waals surface area contributed by atoms with E-state index in [2.05, 4.69) is 25.1 Å². The highest BCUT2D eigenvalue weighted by Gasteiger charge is 2.21. The molecule has 0 aromatic heterocycles. The first kappa shape index (κ1) is 17.7. The van der Waals surface area contributed by atoms with Crippen molar-refractivity contribution < 1.29 is 9.53 Å². The van der Waals surface area contributed by atoms with Crippen LogP contribution < -0.4 is 5.73 Å². The number of carbonyl (C=O) groups is 1. The molecule has 0 radical (unpaired) electrons. The summed E-state index contributed by atoms with van der Waals surface area (Å²) in [5, 5.41) is 0.552. The highest BCUT2D eigenvalue weighted by Crippen LogP contribution is 2.41. The number of halogens is 1. The minimum atomic E-state index is -0.258. The Bertz CT molecular complexity index is 667. The molecule has 0 aliphatic rings. The van der Waals surface area contributed by atoms with Gasteiger partial charge in [0.25, 0.3) is 0 Å². The molecule has 0 spiro atoms. The predicted molar refractivity (Wildman–Crippen MR) is 98.1 cm³/mol. The van der Waals surface area contributed by atoms with Gasteiger partial charge in [-0.1, -0.05) is 35.4 Å². The molecular weight excluding hydrogens is 330 g/mol. The lowest BCUT2D eigenvalue weighted by Gasteiger charge is -2.21. The zero-order valence-corrected chi connectivity index (χ0v) is 15.0. The van der Waals surface area contributed by atoms with Crippen LogP contribution in [0.5, 0.6) is 0 Å². The number of anilines is 1. The van der Waals surface area contributed by atoms with Crippen molar-refractivity contribution >= 4 is 35.0 Å². The Hall–Kier alpha value is -1.65. The van der Waals surface area contributed by atoms with Crippen LogP contribution in [0.2, 0.25) is 5.02 Å². The molecule has 1 atom stereocenters. The van der Waals surface area contributed by atoms with Gasteiger partial charge in [0.05, 0.1) is 18.1 Å². The first-order chi connectivity index (χ1) is 10.9. The molecule has 5 heteroatoms. The second kappa shape index (κ2) is 7.75. The Morgan fingerprint density at radius 3 is 2.65 bits per heavy atom. The third-order valence-corrected chi connectivity index (χ3v) is 5.12. The van der Waals surface area contributed by atoms with E-state index >= 15 is 0 Å². The van der Waals surface area contributed by atoms with Crippen LogP contribution in [0.4, 0.5) is 5.69 Å². The highest BCUT2D eigenvalue weighted by atomic mass is 35.5. The SMILES string of the molecule is COC(=O)CSC(c1cc(C)ccc1C)c1cc(Cl)ccc1N. The van der Waals surface area contributed by atoms with Gasteiger partial charge < -0.3 is 10.5 Å². The molecule has 1 unspecified atom stereocenters. The first-order valence-electron chi connectivity index (χ1n) is 7.23. The monoisotopic (exact) mass is 349 g/mol. The minimum absolute atomic E-state index is 0.0762. The van der Waals surface area contributed by atoms with Gasteiger partial charge in [0.1, 0.15) is 0 Å². The molecule has 0 aliphatic carbocycles. The van der Waals surface area contributed by atoms with Gasteiger partial charge in [-0.3, -0.25) is 4.79 Å². The van der Waals surface area contributed by atoms with Gasteiger partial charge >= 0.3 is 5.97 Å². The van der Waals surface area contributed by atoms with Crippen molar-refractivity contribution in [2.75, 3.05) is 18.6 Å². The fraction of sp³-hybridized carbons (Fsp3) is 0.278. The number of hydrogen-bond acceptors (Lipinski definition) is 4. The molecule has 0 aliphatic heterocycles. The summed E-state index contributed by atoms with van der Waals surface area (Å²) in [7, 11) is 1.39. The topological polar surface area (TPSA) is 52.3 Å². The number of hydrogen-bond donors (Lipinski definition) is 1. The standard InChI is InChI=1S/C18H20ClNO2S/c1-11-4-5-12(2)14(8-11)18(23-10-17(21)22-3)15-9-13(19)6-7-16(15)20/h4-9,18H,10,20H2,1-3H3. The third-order valence-electron chi connectivity index (χ3n) is 3.64. The normalized spacial score (nSPS) is 12.0. The van der Waals surface area contributed by atoms with Crippen molar-refractivity contribution in [1.82, 2.24) is 0 Å². The summed E-state index contributed by atoms with van der Waals surface area (Å²) in [6.45, 7) is 4.10. The number of rotatable bonds is 5. The number of thioether (sulfide) groups is 1. The Labute approximate surface area is 146 Å². The zero-order chi connectivity index (χ0) is 17.0. The van der Waals surface area contributed by atoms with Crippen molar-refractivity contribution in [2.24, 2.45) is 0 Å². The smallest absolute Gasteiger partial charge is 0.315 e. The number of aryl methyl sites for hydroxylation is 2. The number of benzene rings is 2. The molecule has 2 rings (SSSR count). The summed E-state index contributed by atoms with van der Waals surface area (Å²) in [5.74, 6) is -0.00792. The molecule has 2 N–H and O–H groups in total. The second-order valence-electron chi connectivity index (χ2n) is 5.40. The summed E-state index contributed by atoms with van der Waals surface area (Å²) in [6.07, 6.45) is 0. The first-order valence-corrected chi connectivity index (χ1v) is 8.65. The van der Waals surface area contributed by atoms with Gasteiger partial charge in [-0.2, -0.15) is 0 Å². The van der Waals surface area contributed by atoms with Crippen molar-refractivity contribution in [3.8, 4) is 0 Å². The van der Waals surface area contributed by atoms with Gasteiger partial charge in [-0.15, -0.1) is 11.8 Å². The van der Waals surface area contributed by atoms with E-state index in [1.165, 1.54) is 18.9 Å². The molecule has 2 aromatic carbocycles. The molecule has 0 heterocycles. The van der Waals surface area contributed by atoms with Crippen molar-refractivity contribution in [2.45, 2.75) is 19.1 Å². The number of carbonyl (C=O) groups excluding carboxylic acids is 1. The maximum absolute atomic E-state index is 11.6. The van der Waals surface area contributed by atoms with Crippen LogP contribution in [0.15, 0.2) is 36.4 Å². The summed E-state index contributed by atoms with van der Waals surface area (Å²) in [6, 6.07) is 11.7.